The van der Waals surface area contributed by atoms with Crippen molar-refractivity contribution >= 4 is 32.4 Å². The lowest BCUT2D eigenvalue weighted by Gasteiger charge is -2.05. The number of halogens is 1. The molecule has 0 saturated heterocycles. The van der Waals surface area contributed by atoms with E-state index in [1.165, 1.54) is 6.26 Å². The Morgan fingerprint density at radius 1 is 1.38 bits per heavy atom. The minimum Gasteiger partial charge on any atom is -0.224 e. The second-order valence-corrected chi connectivity index (χ2v) is 5.92. The normalized spacial score (nSPS) is 11.6. The molecule has 0 spiro atoms. The lowest BCUT2D eigenvalue weighted by molar-refractivity contribution is 0.601. The molecule has 0 aromatic heterocycles. The summed E-state index contributed by atoms with van der Waals surface area (Å²) < 4.78 is 23.5. The average molecular weight is 310 g/mol. The summed E-state index contributed by atoms with van der Waals surface area (Å²) >= 11 is 2.09. The van der Waals surface area contributed by atoms with Crippen molar-refractivity contribution in [2.24, 2.45) is 0 Å². The topological polar surface area (TPSA) is 34.1 Å². The number of benzene rings is 1. The molecule has 13 heavy (non-hydrogen) atoms. The van der Waals surface area contributed by atoms with Crippen LogP contribution in [0.5, 0.6) is 0 Å². The standard InChI is InChI=1S/C9H11IO2S/c1-3-7-5-4-6-8(9(7)10)13(2,11)12/h4-6H,3H2,1-2H3. The summed E-state index contributed by atoms with van der Waals surface area (Å²) in [6, 6.07) is 5.39. The van der Waals surface area contributed by atoms with Gasteiger partial charge in [0.05, 0.1) is 4.90 Å². The number of hydrogen-bond acceptors (Lipinski definition) is 2. The molecule has 0 saturated carbocycles. The monoisotopic (exact) mass is 310 g/mol. The largest absolute Gasteiger partial charge is 0.224 e. The molecule has 1 rings (SSSR count). The van der Waals surface area contributed by atoms with Gasteiger partial charge in [-0.25, -0.2) is 8.42 Å². The van der Waals surface area contributed by atoms with Crippen LogP contribution in [0.3, 0.4) is 0 Å². The summed E-state index contributed by atoms with van der Waals surface area (Å²) in [5.74, 6) is 0. The Kier molecular flexibility index (Phi) is 3.34. The molecule has 0 aliphatic heterocycles. The molecule has 1 aromatic rings. The van der Waals surface area contributed by atoms with Crippen LogP contribution in [0.15, 0.2) is 23.1 Å². The molecule has 0 N–H and O–H groups in total. The zero-order valence-corrected chi connectivity index (χ0v) is 10.5. The molecule has 72 valence electrons. The highest BCUT2D eigenvalue weighted by atomic mass is 127. The maximum Gasteiger partial charge on any atom is 0.176 e. The quantitative estimate of drug-likeness (QED) is 0.785. The van der Waals surface area contributed by atoms with Crippen molar-refractivity contribution in [1.29, 1.82) is 0 Å². The maximum atomic E-state index is 11.3. The van der Waals surface area contributed by atoms with Gasteiger partial charge in [-0.15, -0.1) is 0 Å². The van der Waals surface area contributed by atoms with Crippen LogP contribution in [0.4, 0.5) is 0 Å². The van der Waals surface area contributed by atoms with Crippen LogP contribution in [0.2, 0.25) is 0 Å². The number of hydrogen-bond donors (Lipinski definition) is 0. The first kappa shape index (κ1) is 11.0. The third-order valence-corrected chi connectivity index (χ3v) is 4.60. The van der Waals surface area contributed by atoms with Gasteiger partial charge in [0.25, 0.3) is 0 Å². The molecule has 1 aromatic carbocycles. The third kappa shape index (κ3) is 2.43. The molecule has 0 aliphatic rings. The van der Waals surface area contributed by atoms with E-state index in [2.05, 4.69) is 22.6 Å². The minimum absolute atomic E-state index is 0.437. The van der Waals surface area contributed by atoms with Crippen LogP contribution < -0.4 is 0 Å². The third-order valence-electron chi connectivity index (χ3n) is 1.82. The van der Waals surface area contributed by atoms with Gasteiger partial charge in [0.15, 0.2) is 9.84 Å². The van der Waals surface area contributed by atoms with Gasteiger partial charge in [-0.3, -0.25) is 0 Å². The van der Waals surface area contributed by atoms with E-state index >= 15 is 0 Å². The lowest BCUT2D eigenvalue weighted by Crippen LogP contribution is -2.02. The van der Waals surface area contributed by atoms with Crippen molar-refractivity contribution in [3.8, 4) is 0 Å². The van der Waals surface area contributed by atoms with Crippen molar-refractivity contribution in [2.45, 2.75) is 18.2 Å². The minimum atomic E-state index is -3.07. The molecule has 0 heterocycles. The van der Waals surface area contributed by atoms with Crippen LogP contribution in [-0.4, -0.2) is 14.7 Å². The van der Waals surface area contributed by atoms with E-state index < -0.39 is 9.84 Å². The fourth-order valence-electron chi connectivity index (χ4n) is 1.12. The lowest BCUT2D eigenvalue weighted by atomic mass is 10.2. The smallest absolute Gasteiger partial charge is 0.176 e. The number of sulfone groups is 1. The highest BCUT2D eigenvalue weighted by molar-refractivity contribution is 14.1. The fraction of sp³-hybridized carbons (Fsp3) is 0.333. The first-order valence-corrected chi connectivity index (χ1v) is 6.91. The first-order valence-electron chi connectivity index (χ1n) is 3.94. The molecular formula is C9H11IO2S. The van der Waals surface area contributed by atoms with E-state index in [9.17, 15) is 8.42 Å². The molecule has 0 amide bonds. The molecule has 4 heteroatoms. The van der Waals surface area contributed by atoms with Crippen molar-refractivity contribution in [1.82, 2.24) is 0 Å². The summed E-state index contributed by atoms with van der Waals surface area (Å²) in [5.41, 5.74) is 1.09. The maximum absolute atomic E-state index is 11.3. The summed E-state index contributed by atoms with van der Waals surface area (Å²) in [6.45, 7) is 2.02. The van der Waals surface area contributed by atoms with Crippen molar-refractivity contribution < 1.29 is 8.42 Å². The van der Waals surface area contributed by atoms with Gasteiger partial charge in [-0.05, 0) is 40.6 Å². The van der Waals surface area contributed by atoms with Crippen molar-refractivity contribution in [3.05, 3.63) is 27.3 Å². The van der Waals surface area contributed by atoms with Crippen molar-refractivity contribution in [3.63, 3.8) is 0 Å². The van der Waals surface area contributed by atoms with Gasteiger partial charge in [0.2, 0.25) is 0 Å². The Bertz CT molecular complexity index is 410. The van der Waals surface area contributed by atoms with Crippen LogP contribution in [0.25, 0.3) is 0 Å². The summed E-state index contributed by atoms with van der Waals surface area (Å²) in [5, 5.41) is 0. The van der Waals surface area contributed by atoms with Gasteiger partial charge >= 0.3 is 0 Å². The van der Waals surface area contributed by atoms with Gasteiger partial charge in [0.1, 0.15) is 0 Å². The zero-order valence-electron chi connectivity index (χ0n) is 7.54. The second kappa shape index (κ2) is 3.96. The Morgan fingerprint density at radius 2 is 2.00 bits per heavy atom. The van der Waals surface area contributed by atoms with E-state index in [-0.39, 0.29) is 0 Å². The van der Waals surface area contributed by atoms with Gasteiger partial charge < -0.3 is 0 Å². The van der Waals surface area contributed by atoms with Gasteiger partial charge in [-0.1, -0.05) is 19.1 Å². The van der Waals surface area contributed by atoms with Crippen LogP contribution in [-0.2, 0) is 16.3 Å². The molecule has 0 aliphatic carbocycles. The predicted octanol–water partition coefficient (Wildman–Crippen LogP) is 2.26. The fourth-order valence-corrected chi connectivity index (χ4v) is 3.84. The molecule has 0 bridgehead atoms. The molecule has 0 fully saturated rings. The molecule has 0 atom stereocenters. The van der Waals surface area contributed by atoms with E-state index in [0.717, 1.165) is 15.6 Å². The van der Waals surface area contributed by atoms with Crippen molar-refractivity contribution in [2.75, 3.05) is 6.26 Å². The van der Waals surface area contributed by atoms with E-state index in [1.54, 1.807) is 12.1 Å². The van der Waals surface area contributed by atoms with E-state index in [0.29, 0.717) is 4.90 Å². The van der Waals surface area contributed by atoms with Crippen LogP contribution in [0.1, 0.15) is 12.5 Å². The van der Waals surface area contributed by atoms with Gasteiger partial charge in [0, 0.05) is 9.83 Å². The second-order valence-electron chi connectivity index (χ2n) is 2.85. The average Bonchev–Trinajstić information content (AvgIpc) is 2.02. The highest BCUT2D eigenvalue weighted by Gasteiger charge is 2.12. The number of rotatable bonds is 2. The van der Waals surface area contributed by atoms with E-state index in [1.807, 2.05) is 13.0 Å². The summed E-state index contributed by atoms with van der Waals surface area (Å²) in [6.07, 6.45) is 2.10. The number of aryl methyl sites for hydroxylation is 1. The molecular weight excluding hydrogens is 299 g/mol. The Balaban J connectivity index is 3.41. The molecule has 0 unspecified atom stereocenters. The summed E-state index contributed by atoms with van der Waals surface area (Å²) in [4.78, 5) is 0.437. The van der Waals surface area contributed by atoms with Crippen LogP contribution >= 0.6 is 22.6 Å². The Hall–Kier alpha value is -0.100. The Labute approximate surface area is 92.4 Å². The first-order chi connectivity index (χ1) is 5.96. The highest BCUT2D eigenvalue weighted by Crippen LogP contribution is 2.21. The molecule has 2 nitrogen and oxygen atoms in total. The zero-order chi connectivity index (χ0) is 10.1. The molecule has 0 radical (unpaired) electrons. The van der Waals surface area contributed by atoms with Crippen LogP contribution in [0, 0.1) is 3.57 Å². The predicted molar refractivity (Wildman–Crippen MR) is 61.6 cm³/mol. The SMILES string of the molecule is CCc1cccc(S(C)(=O)=O)c1I. The Morgan fingerprint density at radius 3 is 2.46 bits per heavy atom. The van der Waals surface area contributed by atoms with Gasteiger partial charge in [-0.2, -0.15) is 0 Å². The van der Waals surface area contributed by atoms with E-state index in [4.69, 9.17) is 0 Å². The summed E-state index contributed by atoms with van der Waals surface area (Å²) in [7, 11) is -3.07.